The summed E-state index contributed by atoms with van der Waals surface area (Å²) in [5.74, 6) is 3.86. The number of halogens is 1. The van der Waals surface area contributed by atoms with Gasteiger partial charge in [-0.3, -0.25) is 9.97 Å². The first-order valence-corrected chi connectivity index (χ1v) is 38.4. The second-order valence-electron chi connectivity index (χ2n) is 29.5. The van der Waals surface area contributed by atoms with E-state index in [1.165, 1.54) is 23.6 Å². The molecule has 0 atom stereocenters. The minimum atomic E-state index is -0.419. The first kappa shape index (κ1) is 70.2. The minimum Gasteiger partial charge on any atom is -0.456 e. The van der Waals surface area contributed by atoms with E-state index in [1.807, 2.05) is 170 Å². The molecule has 15 heteroatoms. The summed E-state index contributed by atoms with van der Waals surface area (Å²) in [7, 11) is -0.419. The zero-order valence-electron chi connectivity index (χ0n) is 62.4. The van der Waals surface area contributed by atoms with E-state index in [2.05, 4.69) is 183 Å². The third kappa shape index (κ3) is 13.8. The standard InChI is InChI=1S/C44H26N4O.C29H18ClN3.C21H20BNO3.C4H8O.H2/c1-2-9-28(10-3-1)42-46-43(33-17-16-27-8-4-5-11-29(27)22-33)48-44(47-42)37-14-6-12-31-23-32(18-19-35(31)37)36-13-7-15-39-41(36)38-24-30-20-21-45-26-34(30)25-40(38)49-39;30-24-15-16-25-22(18-24)11-6-12-26(25)29-32-27(20-8-2-1-3-9-20)31-28(33-29)23-14-13-19-7-4-5-10-21(19)17-23;1-20(2)21(3,4)26-22(25-20)16-6-5-7-17-19(16)15-10-13-8-9-23-12-14(13)11-18(15)24-17;1-2-4-5-3-1;/h1-26H;1-18H;5-12H,1-4H3;1-4H2;1H/i;;;;1+2. The largest absolute Gasteiger partial charge is 0.495 e. The first-order chi connectivity index (χ1) is 55.3. The summed E-state index contributed by atoms with van der Waals surface area (Å²) in [6, 6.07) is 99.3. The van der Waals surface area contributed by atoms with Crippen molar-refractivity contribution in [1.29, 1.82) is 0 Å². The number of rotatable bonds is 8. The lowest BCUT2D eigenvalue weighted by molar-refractivity contribution is 0.00578. The van der Waals surface area contributed by atoms with E-state index < -0.39 is 7.12 Å². The SMILES string of the molecule is C1CCOC1.CC1(C)OB(c2cccc3oc4cc5cnccc5cc4c23)OC1(C)C.Clc1ccc2c(-c3nc(-c4ccccc4)nc(-c4ccc5ccccc5c4)n3)cccc2c1.[3HH].c1ccc(-c2nc(-c3ccc4ccccc4c3)nc(-c3cccc4cc(-c5cccc6oc7cc8cnccc8cc7c56)ccc34)n2)cc1. The van der Waals surface area contributed by atoms with Crippen LogP contribution in [0.4, 0.5) is 0 Å². The molecule has 0 spiro atoms. The molecule has 0 N–H and O–H groups in total. The van der Waals surface area contributed by atoms with Crippen molar-refractivity contribution in [1.82, 2.24) is 39.9 Å². The molecule has 8 heterocycles. The van der Waals surface area contributed by atoms with Crippen molar-refractivity contribution in [2.75, 3.05) is 13.2 Å². The van der Waals surface area contributed by atoms with E-state index in [0.29, 0.717) is 40.0 Å². The Labute approximate surface area is 658 Å². The number of ether oxygens (including phenoxy) is 1. The number of furan rings is 2. The average Bonchev–Trinajstić information content (AvgIpc) is 1.57. The average molecular weight is 1490 g/mol. The van der Waals surface area contributed by atoms with Gasteiger partial charge in [-0.1, -0.05) is 224 Å². The Morgan fingerprint density at radius 3 is 1.26 bits per heavy atom. The Morgan fingerprint density at radius 2 is 0.726 bits per heavy atom. The van der Waals surface area contributed by atoms with Gasteiger partial charge in [0.1, 0.15) is 22.3 Å². The van der Waals surface area contributed by atoms with Crippen LogP contribution in [0.1, 0.15) is 42.0 Å². The van der Waals surface area contributed by atoms with E-state index in [1.54, 1.807) is 0 Å². The number of pyridine rings is 2. The molecular formula is C98H74BClN8O5. The Morgan fingerprint density at radius 1 is 0.310 bits per heavy atom. The number of aromatic nitrogens is 8. The van der Waals surface area contributed by atoms with Crippen molar-refractivity contribution >= 4 is 133 Å². The fourth-order valence-electron chi connectivity index (χ4n) is 15.2. The predicted octanol–water partition coefficient (Wildman–Crippen LogP) is 24.6. The summed E-state index contributed by atoms with van der Waals surface area (Å²) in [5, 5.41) is 18.4. The molecule has 113 heavy (non-hydrogen) atoms. The number of benzene rings is 14. The molecule has 0 bridgehead atoms. The van der Waals surface area contributed by atoms with Crippen molar-refractivity contribution in [3.05, 3.63) is 321 Å². The van der Waals surface area contributed by atoms with E-state index in [0.717, 1.165) is 161 Å². The summed E-state index contributed by atoms with van der Waals surface area (Å²) >= 11 is 6.23. The molecule has 0 aliphatic carbocycles. The summed E-state index contributed by atoms with van der Waals surface area (Å²) in [5.41, 5.74) is 11.6. The van der Waals surface area contributed by atoms with Gasteiger partial charge in [0, 0.05) is 110 Å². The van der Waals surface area contributed by atoms with Gasteiger partial charge in [0.2, 0.25) is 0 Å². The minimum absolute atomic E-state index is 0. The van der Waals surface area contributed by atoms with Crippen LogP contribution < -0.4 is 5.46 Å². The zero-order valence-corrected chi connectivity index (χ0v) is 63.2. The topological polar surface area (TPSA) is 157 Å². The van der Waals surface area contributed by atoms with E-state index in [-0.39, 0.29) is 12.6 Å². The molecule has 0 saturated carbocycles. The van der Waals surface area contributed by atoms with Crippen LogP contribution in [0, 0.1) is 0 Å². The van der Waals surface area contributed by atoms with Gasteiger partial charge in [-0.25, -0.2) is 29.9 Å². The normalized spacial score (nSPS) is 13.8. The summed E-state index contributed by atoms with van der Waals surface area (Å²) in [6.45, 7) is 10.3. The van der Waals surface area contributed by atoms with Crippen molar-refractivity contribution < 1.29 is 24.3 Å². The molecule has 14 aromatic carbocycles. The predicted molar refractivity (Wildman–Crippen MR) is 462 cm³/mol. The van der Waals surface area contributed by atoms with Crippen LogP contribution in [0.2, 0.25) is 5.02 Å². The van der Waals surface area contributed by atoms with Crippen molar-refractivity contribution in [3.8, 4) is 79.5 Å². The Balaban J connectivity index is 0.000000121. The molecule has 546 valence electrons. The Hall–Kier alpha value is -13.2. The molecule has 0 amide bonds. The van der Waals surface area contributed by atoms with Crippen LogP contribution in [0.15, 0.2) is 325 Å². The molecular weight excluding hydrogens is 1420 g/mol. The number of nitrogens with zero attached hydrogens (tertiary/aromatic N) is 8. The number of fused-ring (bicyclic) bond motifs is 12. The number of hydrogen-bond acceptors (Lipinski definition) is 13. The number of hydrogen-bond donors (Lipinski definition) is 0. The monoisotopic (exact) mass is 1490 g/mol. The van der Waals surface area contributed by atoms with E-state index in [4.69, 9.17) is 64.4 Å². The van der Waals surface area contributed by atoms with Crippen molar-refractivity contribution in [2.24, 2.45) is 0 Å². The lowest BCUT2D eigenvalue weighted by Crippen LogP contribution is -2.41. The lowest BCUT2D eigenvalue weighted by Gasteiger charge is -2.32. The third-order valence-corrected chi connectivity index (χ3v) is 22.0. The molecule has 2 fully saturated rings. The quantitative estimate of drug-likeness (QED) is 0.133. The highest BCUT2D eigenvalue weighted by Crippen LogP contribution is 2.43. The van der Waals surface area contributed by atoms with Gasteiger partial charge in [-0.2, -0.15) is 0 Å². The molecule has 0 unspecified atom stereocenters. The molecule has 13 nitrogen and oxygen atoms in total. The fourth-order valence-corrected chi connectivity index (χ4v) is 15.4. The maximum atomic E-state index is 6.36. The van der Waals surface area contributed by atoms with Crippen LogP contribution in [-0.2, 0) is 14.0 Å². The van der Waals surface area contributed by atoms with E-state index in [9.17, 15) is 0 Å². The molecule has 2 aliphatic rings. The zero-order chi connectivity index (χ0) is 76.2. The van der Waals surface area contributed by atoms with Gasteiger partial charge in [0.05, 0.1) is 11.2 Å². The van der Waals surface area contributed by atoms with Crippen LogP contribution >= 0.6 is 11.6 Å². The van der Waals surface area contributed by atoms with Gasteiger partial charge < -0.3 is 22.9 Å². The van der Waals surface area contributed by atoms with Gasteiger partial charge in [-0.15, -0.1) is 0 Å². The first-order valence-electron chi connectivity index (χ1n) is 38.0. The molecule has 20 aromatic rings. The second kappa shape index (κ2) is 29.6. The van der Waals surface area contributed by atoms with E-state index >= 15 is 0 Å². The van der Waals surface area contributed by atoms with Crippen LogP contribution in [-0.4, -0.2) is 71.4 Å². The molecule has 22 rings (SSSR count). The van der Waals surface area contributed by atoms with Gasteiger partial charge in [0.15, 0.2) is 34.9 Å². The Bertz CT molecular complexity index is 7040. The Kier molecular flexibility index (Phi) is 18.4. The lowest BCUT2D eigenvalue weighted by atomic mass is 9.76. The molecule has 6 aromatic heterocycles. The molecule has 2 saturated heterocycles. The summed E-state index contributed by atoms with van der Waals surface area (Å²) in [6.07, 6.45) is 9.94. The van der Waals surface area contributed by atoms with Gasteiger partial charge >= 0.3 is 7.12 Å². The third-order valence-electron chi connectivity index (χ3n) is 21.7. The van der Waals surface area contributed by atoms with Crippen LogP contribution in [0.5, 0.6) is 0 Å². The highest BCUT2D eigenvalue weighted by molar-refractivity contribution is 6.66. The van der Waals surface area contributed by atoms with Crippen LogP contribution in [0.3, 0.4) is 0 Å². The van der Waals surface area contributed by atoms with Gasteiger partial charge in [0.25, 0.3) is 0 Å². The highest BCUT2D eigenvalue weighted by Gasteiger charge is 2.52. The second-order valence-corrected chi connectivity index (χ2v) is 30.0. The molecule has 0 radical (unpaired) electrons. The van der Waals surface area contributed by atoms with Crippen molar-refractivity contribution in [3.63, 3.8) is 0 Å². The van der Waals surface area contributed by atoms with Crippen molar-refractivity contribution in [2.45, 2.75) is 51.7 Å². The molecule has 2 aliphatic heterocycles. The fraction of sp³-hybridized carbons (Fsp3) is 0.102. The smallest absolute Gasteiger partial charge is 0.456 e. The van der Waals surface area contributed by atoms with Gasteiger partial charge in [-0.05, 0) is 190 Å². The summed E-state index contributed by atoms with van der Waals surface area (Å²) in [4.78, 5) is 38.3. The maximum absolute atomic E-state index is 6.36. The van der Waals surface area contributed by atoms with Crippen LogP contribution in [0.25, 0.3) is 188 Å². The maximum Gasteiger partial charge on any atom is 0.495 e. The summed E-state index contributed by atoms with van der Waals surface area (Å²) < 4.78 is 30.0. The highest BCUT2D eigenvalue weighted by atomic mass is 35.5.